The molecule has 0 aliphatic heterocycles. The Morgan fingerprint density at radius 2 is 2.00 bits per heavy atom. The zero-order valence-corrected chi connectivity index (χ0v) is 7.09. The third-order valence-corrected chi connectivity index (χ3v) is 1.45. The third kappa shape index (κ3) is 3.55. The van der Waals surface area contributed by atoms with E-state index in [0.29, 0.717) is 18.8 Å². The van der Waals surface area contributed by atoms with Gasteiger partial charge in [-0.25, -0.2) is 4.39 Å². The van der Waals surface area contributed by atoms with E-state index in [1.165, 1.54) is 24.3 Å². The molecule has 0 radical (unpaired) electrons. The van der Waals surface area contributed by atoms with Crippen LogP contribution in [0.5, 0.6) is 5.75 Å². The Bertz CT molecular complexity index is 284. The fourth-order valence-corrected chi connectivity index (χ4v) is 0.810. The summed E-state index contributed by atoms with van der Waals surface area (Å²) in [5, 5.41) is 6.93. The summed E-state index contributed by atoms with van der Waals surface area (Å²) in [6.45, 7) is 0.348. The molecule has 1 aromatic carbocycles. The van der Waals surface area contributed by atoms with Gasteiger partial charge in [-0.05, 0) is 24.3 Å². The molecule has 13 heavy (non-hydrogen) atoms. The molecular formula is C9H11FN2O. The smallest absolute Gasteiger partial charge is 0.123 e. The van der Waals surface area contributed by atoms with E-state index in [2.05, 4.69) is 0 Å². The molecule has 3 nitrogen and oxygen atoms in total. The number of ether oxygens (including phenoxy) is 1. The first-order chi connectivity index (χ1) is 6.18. The van der Waals surface area contributed by atoms with Crippen molar-refractivity contribution in [3.63, 3.8) is 0 Å². The summed E-state index contributed by atoms with van der Waals surface area (Å²) in [7, 11) is 0. The zero-order chi connectivity index (χ0) is 9.68. The molecule has 0 saturated heterocycles. The van der Waals surface area contributed by atoms with Gasteiger partial charge in [-0.15, -0.1) is 0 Å². The van der Waals surface area contributed by atoms with Crippen molar-refractivity contribution in [3.8, 4) is 5.75 Å². The molecule has 0 aliphatic carbocycles. The molecule has 0 heterocycles. The van der Waals surface area contributed by atoms with Crippen molar-refractivity contribution in [2.75, 3.05) is 6.61 Å². The molecule has 0 spiro atoms. The number of nitrogens with two attached hydrogens (primary N) is 1. The minimum Gasteiger partial charge on any atom is -0.493 e. The highest BCUT2D eigenvalue weighted by molar-refractivity contribution is 5.76. The summed E-state index contributed by atoms with van der Waals surface area (Å²) in [6, 6.07) is 5.72. The van der Waals surface area contributed by atoms with Crippen LogP contribution in [0, 0.1) is 11.2 Å². The first-order valence-electron chi connectivity index (χ1n) is 3.90. The lowest BCUT2D eigenvalue weighted by atomic mass is 10.3. The van der Waals surface area contributed by atoms with Gasteiger partial charge in [0.15, 0.2) is 0 Å². The molecule has 0 aliphatic rings. The summed E-state index contributed by atoms with van der Waals surface area (Å²) >= 11 is 0. The molecule has 0 atom stereocenters. The fraction of sp³-hybridized carbons (Fsp3) is 0.222. The number of nitrogens with one attached hydrogen (secondary N) is 1. The van der Waals surface area contributed by atoms with Gasteiger partial charge in [-0.1, -0.05) is 0 Å². The Hall–Kier alpha value is -1.58. The van der Waals surface area contributed by atoms with Crippen LogP contribution >= 0.6 is 0 Å². The maximum absolute atomic E-state index is 12.4. The molecular weight excluding hydrogens is 171 g/mol. The SMILES string of the molecule is N=C(N)CCOc1ccc(F)cc1. The number of halogens is 1. The second-order valence-corrected chi connectivity index (χ2v) is 2.58. The van der Waals surface area contributed by atoms with Gasteiger partial charge in [0.05, 0.1) is 12.4 Å². The summed E-state index contributed by atoms with van der Waals surface area (Å²) in [6.07, 6.45) is 0.386. The fourth-order valence-electron chi connectivity index (χ4n) is 0.810. The number of rotatable bonds is 4. The average Bonchev–Trinajstić information content (AvgIpc) is 2.08. The maximum Gasteiger partial charge on any atom is 0.123 e. The standard InChI is InChI=1S/C9H11FN2O/c10-7-1-3-8(4-2-7)13-6-5-9(11)12/h1-4H,5-6H2,(H3,11,12). The van der Waals surface area contributed by atoms with E-state index in [-0.39, 0.29) is 11.7 Å². The molecule has 3 N–H and O–H groups in total. The molecule has 1 aromatic rings. The largest absolute Gasteiger partial charge is 0.493 e. The van der Waals surface area contributed by atoms with E-state index in [4.69, 9.17) is 15.9 Å². The van der Waals surface area contributed by atoms with Gasteiger partial charge in [-0.3, -0.25) is 5.41 Å². The Balaban J connectivity index is 2.37. The predicted octanol–water partition coefficient (Wildman–Crippen LogP) is 1.53. The molecule has 4 heteroatoms. The van der Waals surface area contributed by atoms with Crippen LogP contribution in [0.1, 0.15) is 6.42 Å². The number of hydrogen-bond acceptors (Lipinski definition) is 2. The molecule has 0 amide bonds. The Morgan fingerprint density at radius 3 is 2.54 bits per heavy atom. The van der Waals surface area contributed by atoms with Crippen LogP contribution in [0.3, 0.4) is 0 Å². The summed E-state index contributed by atoms with van der Waals surface area (Å²) in [4.78, 5) is 0. The van der Waals surface area contributed by atoms with Gasteiger partial charge in [0.1, 0.15) is 11.6 Å². The second kappa shape index (κ2) is 4.45. The predicted molar refractivity (Wildman–Crippen MR) is 48.4 cm³/mol. The quantitative estimate of drug-likeness (QED) is 0.548. The minimum atomic E-state index is -0.293. The average molecular weight is 182 g/mol. The van der Waals surface area contributed by atoms with Gasteiger partial charge < -0.3 is 10.5 Å². The van der Waals surface area contributed by atoms with Crippen LogP contribution in [0.2, 0.25) is 0 Å². The highest BCUT2D eigenvalue weighted by Crippen LogP contribution is 2.10. The van der Waals surface area contributed by atoms with E-state index >= 15 is 0 Å². The first kappa shape index (κ1) is 9.51. The molecule has 0 aromatic heterocycles. The van der Waals surface area contributed by atoms with Gasteiger partial charge in [0.25, 0.3) is 0 Å². The highest BCUT2D eigenvalue weighted by Gasteiger charge is 1.94. The van der Waals surface area contributed by atoms with Crippen molar-refractivity contribution in [1.29, 1.82) is 5.41 Å². The summed E-state index contributed by atoms with van der Waals surface area (Å²) in [5.41, 5.74) is 5.12. The van der Waals surface area contributed by atoms with Crippen LogP contribution in [-0.4, -0.2) is 12.4 Å². The molecule has 0 unspecified atom stereocenters. The van der Waals surface area contributed by atoms with Crippen LogP contribution in [-0.2, 0) is 0 Å². The lowest BCUT2D eigenvalue weighted by Crippen LogP contribution is -2.13. The summed E-state index contributed by atoms with van der Waals surface area (Å²) < 4.78 is 17.6. The highest BCUT2D eigenvalue weighted by atomic mass is 19.1. The van der Waals surface area contributed by atoms with Crippen molar-refractivity contribution in [2.45, 2.75) is 6.42 Å². The van der Waals surface area contributed by atoms with E-state index in [9.17, 15) is 4.39 Å². The molecule has 1 rings (SSSR count). The van der Waals surface area contributed by atoms with Gasteiger partial charge in [0, 0.05) is 6.42 Å². The Morgan fingerprint density at radius 1 is 1.38 bits per heavy atom. The van der Waals surface area contributed by atoms with E-state index in [1.807, 2.05) is 0 Å². The normalized spacial score (nSPS) is 9.62. The van der Waals surface area contributed by atoms with Crippen LogP contribution < -0.4 is 10.5 Å². The first-order valence-corrected chi connectivity index (χ1v) is 3.90. The Kier molecular flexibility index (Phi) is 3.25. The van der Waals surface area contributed by atoms with Crippen molar-refractivity contribution in [1.82, 2.24) is 0 Å². The topological polar surface area (TPSA) is 59.1 Å². The van der Waals surface area contributed by atoms with Crippen LogP contribution in [0.4, 0.5) is 4.39 Å². The molecule has 0 saturated carbocycles. The second-order valence-electron chi connectivity index (χ2n) is 2.58. The Labute approximate surface area is 75.8 Å². The van der Waals surface area contributed by atoms with Crippen molar-refractivity contribution < 1.29 is 9.13 Å². The zero-order valence-electron chi connectivity index (χ0n) is 7.09. The molecule has 0 bridgehead atoms. The molecule has 70 valence electrons. The van der Waals surface area contributed by atoms with Crippen molar-refractivity contribution in [2.24, 2.45) is 5.73 Å². The van der Waals surface area contributed by atoms with Gasteiger partial charge in [0.2, 0.25) is 0 Å². The maximum atomic E-state index is 12.4. The van der Waals surface area contributed by atoms with E-state index in [1.54, 1.807) is 0 Å². The van der Waals surface area contributed by atoms with E-state index < -0.39 is 0 Å². The van der Waals surface area contributed by atoms with Crippen LogP contribution in [0.25, 0.3) is 0 Å². The minimum absolute atomic E-state index is 0.0853. The lowest BCUT2D eigenvalue weighted by Gasteiger charge is -2.04. The number of amidine groups is 1. The van der Waals surface area contributed by atoms with Crippen molar-refractivity contribution in [3.05, 3.63) is 30.1 Å². The van der Waals surface area contributed by atoms with E-state index in [0.717, 1.165) is 0 Å². The molecule has 0 fully saturated rings. The summed E-state index contributed by atoms with van der Waals surface area (Å²) in [5.74, 6) is 0.378. The number of hydrogen-bond donors (Lipinski definition) is 2. The van der Waals surface area contributed by atoms with Gasteiger partial charge >= 0.3 is 0 Å². The van der Waals surface area contributed by atoms with Crippen LogP contribution in [0.15, 0.2) is 24.3 Å². The number of benzene rings is 1. The van der Waals surface area contributed by atoms with Crippen molar-refractivity contribution >= 4 is 5.84 Å². The third-order valence-electron chi connectivity index (χ3n) is 1.45. The van der Waals surface area contributed by atoms with Gasteiger partial charge in [-0.2, -0.15) is 0 Å². The lowest BCUT2D eigenvalue weighted by molar-refractivity contribution is 0.328. The monoisotopic (exact) mass is 182 g/mol.